The minimum atomic E-state index is -0.650. The third-order valence-electron chi connectivity index (χ3n) is 3.79. The molecule has 26 heavy (non-hydrogen) atoms. The molecule has 1 N–H and O–H groups in total. The average molecular weight is 356 g/mol. The average Bonchev–Trinajstić information content (AvgIpc) is 2.65. The molecule has 2 aromatic rings. The van der Waals surface area contributed by atoms with E-state index in [1.807, 2.05) is 37.3 Å². The number of rotatable bonds is 9. The van der Waals surface area contributed by atoms with Gasteiger partial charge in [0.15, 0.2) is 12.4 Å². The van der Waals surface area contributed by atoms with Gasteiger partial charge in [0, 0.05) is 17.7 Å². The fraction of sp³-hybridized carbons (Fsp3) is 0.263. The minimum absolute atomic E-state index is 0.0484. The number of hydrogen-bond acceptors (Lipinski definition) is 5. The second kappa shape index (κ2) is 9.31. The van der Waals surface area contributed by atoms with Gasteiger partial charge in [0.2, 0.25) is 0 Å². The van der Waals surface area contributed by atoms with Gasteiger partial charge in [0.25, 0.3) is 5.91 Å². The van der Waals surface area contributed by atoms with Crippen molar-refractivity contribution in [2.75, 3.05) is 6.61 Å². The van der Waals surface area contributed by atoms with Gasteiger partial charge in [0.1, 0.15) is 6.29 Å². The van der Waals surface area contributed by atoms with Crippen molar-refractivity contribution < 1.29 is 19.2 Å². The molecular weight excluding hydrogens is 336 g/mol. The summed E-state index contributed by atoms with van der Waals surface area (Å²) in [6.07, 6.45) is 2.11. The maximum absolute atomic E-state index is 12.0. The van der Waals surface area contributed by atoms with Crippen molar-refractivity contribution in [3.8, 4) is 5.75 Å². The molecule has 0 unspecified atom stereocenters. The Morgan fingerprint density at radius 3 is 2.65 bits per heavy atom. The molecule has 0 heterocycles. The predicted molar refractivity (Wildman–Crippen MR) is 96.3 cm³/mol. The Bertz CT molecular complexity index is 777. The standard InChI is InChI=1S/C19H20N2O5/c1-14(7-8-15-5-3-2-4-6-15)20-19(23)13-26-18-10-9-16(12-22)11-17(18)21(24)25/h2-6,9-12,14H,7-8,13H2,1H3,(H,20,23)/t14-/m1/s1. The van der Waals surface area contributed by atoms with Gasteiger partial charge in [-0.3, -0.25) is 19.7 Å². The van der Waals surface area contributed by atoms with Crippen LogP contribution in [0, 0.1) is 10.1 Å². The van der Waals surface area contributed by atoms with Crippen molar-refractivity contribution >= 4 is 17.9 Å². The number of benzene rings is 2. The number of aryl methyl sites for hydroxylation is 1. The Hall–Kier alpha value is -3.22. The Morgan fingerprint density at radius 1 is 1.27 bits per heavy atom. The van der Waals surface area contributed by atoms with E-state index in [1.54, 1.807) is 0 Å². The van der Waals surface area contributed by atoms with Crippen molar-refractivity contribution in [2.24, 2.45) is 0 Å². The van der Waals surface area contributed by atoms with Gasteiger partial charge in [-0.2, -0.15) is 0 Å². The van der Waals surface area contributed by atoms with E-state index in [-0.39, 0.29) is 35.6 Å². The SMILES string of the molecule is C[C@H](CCc1ccccc1)NC(=O)COc1ccc(C=O)cc1[N+](=O)[O-]. The van der Waals surface area contributed by atoms with Crippen molar-refractivity contribution in [1.82, 2.24) is 5.32 Å². The molecular formula is C19H20N2O5. The molecule has 2 aromatic carbocycles. The smallest absolute Gasteiger partial charge is 0.311 e. The van der Waals surface area contributed by atoms with Gasteiger partial charge in [-0.15, -0.1) is 0 Å². The number of nitro groups is 1. The largest absolute Gasteiger partial charge is 0.477 e. The van der Waals surface area contributed by atoms with Crippen molar-refractivity contribution in [1.29, 1.82) is 0 Å². The third kappa shape index (κ3) is 5.70. The molecule has 7 heteroatoms. The van der Waals surface area contributed by atoms with Crippen LogP contribution in [0.25, 0.3) is 0 Å². The zero-order valence-electron chi connectivity index (χ0n) is 14.4. The summed E-state index contributed by atoms with van der Waals surface area (Å²) in [6, 6.07) is 13.7. The molecule has 0 saturated heterocycles. The van der Waals surface area contributed by atoms with Gasteiger partial charge in [-0.25, -0.2) is 0 Å². The molecule has 0 aromatic heterocycles. The second-order valence-electron chi connectivity index (χ2n) is 5.88. The lowest BCUT2D eigenvalue weighted by Crippen LogP contribution is -2.36. The Kier molecular flexibility index (Phi) is 6.84. The van der Waals surface area contributed by atoms with Crippen LogP contribution in [0.3, 0.4) is 0 Å². The van der Waals surface area contributed by atoms with Crippen LogP contribution in [-0.4, -0.2) is 29.8 Å². The summed E-state index contributed by atoms with van der Waals surface area (Å²) in [5.74, 6) is -0.410. The number of nitrogens with zero attached hydrogens (tertiary/aromatic N) is 1. The third-order valence-corrected chi connectivity index (χ3v) is 3.79. The molecule has 0 spiro atoms. The summed E-state index contributed by atoms with van der Waals surface area (Å²) in [5.41, 5.74) is 1.01. The molecule has 0 aliphatic rings. The molecule has 7 nitrogen and oxygen atoms in total. The number of hydrogen-bond donors (Lipinski definition) is 1. The number of nitrogens with one attached hydrogen (secondary N) is 1. The summed E-state index contributed by atoms with van der Waals surface area (Å²) in [6.45, 7) is 1.55. The van der Waals surface area contributed by atoms with Crippen molar-refractivity contribution in [3.63, 3.8) is 0 Å². The molecule has 0 fully saturated rings. The van der Waals surface area contributed by atoms with Crippen LogP contribution in [0.4, 0.5) is 5.69 Å². The van der Waals surface area contributed by atoms with Gasteiger partial charge in [0.05, 0.1) is 4.92 Å². The van der Waals surface area contributed by atoms with E-state index in [9.17, 15) is 19.7 Å². The van der Waals surface area contributed by atoms with Crippen LogP contribution >= 0.6 is 0 Å². The first-order valence-corrected chi connectivity index (χ1v) is 8.19. The number of carbonyl (C=O) groups is 2. The highest BCUT2D eigenvalue weighted by Crippen LogP contribution is 2.27. The monoisotopic (exact) mass is 356 g/mol. The number of ether oxygens (including phenoxy) is 1. The first-order chi connectivity index (χ1) is 12.5. The van der Waals surface area contributed by atoms with E-state index >= 15 is 0 Å². The summed E-state index contributed by atoms with van der Waals surface area (Å²) in [5, 5.41) is 13.8. The zero-order valence-corrected chi connectivity index (χ0v) is 14.4. The summed E-state index contributed by atoms with van der Waals surface area (Å²) in [4.78, 5) is 33.1. The lowest BCUT2D eigenvalue weighted by molar-refractivity contribution is -0.385. The van der Waals surface area contributed by atoms with Crippen LogP contribution in [0.2, 0.25) is 0 Å². The molecule has 0 aliphatic carbocycles. The topological polar surface area (TPSA) is 98.5 Å². The number of carbonyl (C=O) groups excluding carboxylic acids is 2. The molecule has 0 radical (unpaired) electrons. The number of amides is 1. The molecule has 1 atom stereocenters. The van der Waals surface area contributed by atoms with E-state index in [0.717, 1.165) is 18.9 Å². The fourth-order valence-electron chi connectivity index (χ4n) is 2.43. The molecule has 1 amide bonds. The zero-order chi connectivity index (χ0) is 18.9. The van der Waals surface area contributed by atoms with E-state index in [2.05, 4.69) is 5.32 Å². The summed E-state index contributed by atoms with van der Waals surface area (Å²) >= 11 is 0. The lowest BCUT2D eigenvalue weighted by Gasteiger charge is -2.14. The fourth-order valence-corrected chi connectivity index (χ4v) is 2.43. The highest BCUT2D eigenvalue weighted by atomic mass is 16.6. The van der Waals surface area contributed by atoms with Gasteiger partial charge < -0.3 is 10.1 Å². The first-order valence-electron chi connectivity index (χ1n) is 8.19. The summed E-state index contributed by atoms with van der Waals surface area (Å²) in [7, 11) is 0. The van der Waals surface area contributed by atoms with Crippen molar-refractivity contribution in [2.45, 2.75) is 25.8 Å². The van der Waals surface area contributed by atoms with Crippen LogP contribution in [0.15, 0.2) is 48.5 Å². The van der Waals surface area contributed by atoms with Crippen LogP contribution in [-0.2, 0) is 11.2 Å². The van der Waals surface area contributed by atoms with E-state index in [0.29, 0.717) is 6.29 Å². The Morgan fingerprint density at radius 2 is 2.00 bits per heavy atom. The second-order valence-corrected chi connectivity index (χ2v) is 5.88. The maximum Gasteiger partial charge on any atom is 0.311 e. The van der Waals surface area contributed by atoms with Gasteiger partial charge in [-0.05, 0) is 37.5 Å². The van der Waals surface area contributed by atoms with E-state index < -0.39 is 4.92 Å². The van der Waals surface area contributed by atoms with Crippen LogP contribution < -0.4 is 10.1 Å². The molecule has 136 valence electrons. The number of nitro benzene ring substituents is 1. The highest BCUT2D eigenvalue weighted by molar-refractivity contribution is 5.79. The molecule has 0 aliphatic heterocycles. The minimum Gasteiger partial charge on any atom is -0.477 e. The Balaban J connectivity index is 1.84. The lowest BCUT2D eigenvalue weighted by atomic mass is 10.1. The molecule has 0 saturated carbocycles. The molecule has 2 rings (SSSR count). The van der Waals surface area contributed by atoms with Crippen LogP contribution in [0.1, 0.15) is 29.3 Å². The summed E-state index contributed by atoms with van der Waals surface area (Å²) < 4.78 is 5.25. The quantitative estimate of drug-likeness (QED) is 0.423. The normalized spacial score (nSPS) is 11.4. The first kappa shape index (κ1) is 19.1. The van der Waals surface area contributed by atoms with E-state index in [1.165, 1.54) is 17.7 Å². The Labute approximate surface area is 151 Å². The van der Waals surface area contributed by atoms with Gasteiger partial charge >= 0.3 is 5.69 Å². The molecule has 0 bridgehead atoms. The van der Waals surface area contributed by atoms with Crippen LogP contribution in [0.5, 0.6) is 5.75 Å². The van der Waals surface area contributed by atoms with Gasteiger partial charge in [-0.1, -0.05) is 30.3 Å². The number of aldehydes is 1. The maximum atomic E-state index is 12.0. The predicted octanol–water partition coefficient (Wildman–Crippen LogP) is 2.92. The van der Waals surface area contributed by atoms with E-state index in [4.69, 9.17) is 4.74 Å². The van der Waals surface area contributed by atoms with Crippen molar-refractivity contribution in [3.05, 3.63) is 69.8 Å². The highest BCUT2D eigenvalue weighted by Gasteiger charge is 2.17.